The molecule has 0 fully saturated rings. The van der Waals surface area contributed by atoms with Crippen molar-refractivity contribution < 1.29 is 27.1 Å². The Kier molecular flexibility index (Phi) is 6.76. The third-order valence-electron chi connectivity index (χ3n) is 4.06. The van der Waals surface area contributed by atoms with E-state index in [0.717, 1.165) is 5.56 Å². The van der Waals surface area contributed by atoms with Gasteiger partial charge < -0.3 is 13.9 Å². The SMILES string of the molecule is COc1ccc(-c2nc(COC(=O)[C@H](C)NS(=O)(=O)c3ccc(Cl)cc3)co2)cc1. The molecule has 0 amide bonds. The lowest BCUT2D eigenvalue weighted by atomic mass is 10.2. The number of carbonyl (C=O) groups excluding carboxylic acids is 1. The molecule has 158 valence electrons. The van der Waals surface area contributed by atoms with Crippen LogP contribution in [0.25, 0.3) is 11.5 Å². The molecule has 1 aromatic heterocycles. The van der Waals surface area contributed by atoms with Gasteiger partial charge in [-0.15, -0.1) is 0 Å². The Balaban J connectivity index is 1.57. The lowest BCUT2D eigenvalue weighted by Gasteiger charge is -2.13. The molecule has 0 spiro atoms. The van der Waals surface area contributed by atoms with Crippen LogP contribution in [0.2, 0.25) is 5.02 Å². The quantitative estimate of drug-likeness (QED) is 0.524. The first-order valence-electron chi connectivity index (χ1n) is 8.82. The molecule has 0 radical (unpaired) electrons. The van der Waals surface area contributed by atoms with Gasteiger partial charge in [-0.05, 0) is 55.5 Å². The predicted molar refractivity (Wildman–Crippen MR) is 110 cm³/mol. The van der Waals surface area contributed by atoms with Crippen molar-refractivity contribution in [3.63, 3.8) is 0 Å². The fraction of sp³-hybridized carbons (Fsp3) is 0.200. The van der Waals surface area contributed by atoms with E-state index in [1.807, 2.05) is 0 Å². The second kappa shape index (κ2) is 9.29. The predicted octanol–water partition coefficient (Wildman–Crippen LogP) is 3.41. The van der Waals surface area contributed by atoms with Crippen molar-refractivity contribution in [2.24, 2.45) is 0 Å². The summed E-state index contributed by atoms with van der Waals surface area (Å²) in [5.41, 5.74) is 1.12. The molecule has 0 bridgehead atoms. The molecule has 0 unspecified atom stereocenters. The van der Waals surface area contributed by atoms with Gasteiger partial charge in [0, 0.05) is 10.6 Å². The van der Waals surface area contributed by atoms with Crippen molar-refractivity contribution in [3.8, 4) is 17.2 Å². The first-order chi connectivity index (χ1) is 14.3. The van der Waals surface area contributed by atoms with E-state index in [9.17, 15) is 13.2 Å². The number of benzene rings is 2. The van der Waals surface area contributed by atoms with Crippen LogP contribution >= 0.6 is 11.6 Å². The highest BCUT2D eigenvalue weighted by atomic mass is 35.5. The highest BCUT2D eigenvalue weighted by Crippen LogP contribution is 2.22. The fourth-order valence-corrected chi connectivity index (χ4v) is 3.79. The Morgan fingerprint density at radius 3 is 2.47 bits per heavy atom. The maximum Gasteiger partial charge on any atom is 0.324 e. The van der Waals surface area contributed by atoms with Gasteiger partial charge in [0.1, 0.15) is 30.4 Å². The number of hydrogen-bond acceptors (Lipinski definition) is 7. The summed E-state index contributed by atoms with van der Waals surface area (Å²) in [6.07, 6.45) is 1.37. The molecule has 3 aromatic rings. The average molecular weight is 451 g/mol. The number of nitrogens with zero attached hydrogens (tertiary/aromatic N) is 1. The number of esters is 1. The number of aromatic nitrogens is 1. The lowest BCUT2D eigenvalue weighted by Crippen LogP contribution is -2.39. The largest absolute Gasteiger partial charge is 0.497 e. The number of oxazole rings is 1. The number of methoxy groups -OCH3 is 1. The van der Waals surface area contributed by atoms with Crippen LogP contribution < -0.4 is 9.46 Å². The van der Waals surface area contributed by atoms with Gasteiger partial charge in [0.25, 0.3) is 0 Å². The van der Waals surface area contributed by atoms with E-state index >= 15 is 0 Å². The lowest BCUT2D eigenvalue weighted by molar-refractivity contribution is -0.146. The van der Waals surface area contributed by atoms with Crippen LogP contribution in [0.4, 0.5) is 0 Å². The van der Waals surface area contributed by atoms with Crippen molar-refractivity contribution in [1.29, 1.82) is 0 Å². The van der Waals surface area contributed by atoms with E-state index in [2.05, 4.69) is 9.71 Å². The van der Waals surface area contributed by atoms with E-state index in [1.54, 1.807) is 31.4 Å². The molecule has 2 aromatic carbocycles. The number of sulfonamides is 1. The van der Waals surface area contributed by atoms with E-state index in [4.69, 9.17) is 25.5 Å². The van der Waals surface area contributed by atoms with Crippen LogP contribution in [0.5, 0.6) is 5.75 Å². The third-order valence-corrected chi connectivity index (χ3v) is 5.87. The molecule has 10 heteroatoms. The van der Waals surface area contributed by atoms with Crippen molar-refractivity contribution in [2.75, 3.05) is 7.11 Å². The highest BCUT2D eigenvalue weighted by molar-refractivity contribution is 7.89. The molecule has 0 aliphatic rings. The smallest absolute Gasteiger partial charge is 0.324 e. The van der Waals surface area contributed by atoms with Gasteiger partial charge in [-0.3, -0.25) is 4.79 Å². The highest BCUT2D eigenvalue weighted by Gasteiger charge is 2.23. The molecule has 0 aliphatic carbocycles. The minimum Gasteiger partial charge on any atom is -0.497 e. The van der Waals surface area contributed by atoms with Gasteiger partial charge in [-0.1, -0.05) is 11.6 Å². The van der Waals surface area contributed by atoms with Crippen LogP contribution in [-0.4, -0.2) is 32.5 Å². The summed E-state index contributed by atoms with van der Waals surface area (Å²) >= 11 is 5.76. The Morgan fingerprint density at radius 2 is 1.83 bits per heavy atom. The maximum absolute atomic E-state index is 12.3. The molecular weight excluding hydrogens is 432 g/mol. The Bertz CT molecular complexity index is 1110. The number of rotatable bonds is 8. The maximum atomic E-state index is 12.3. The summed E-state index contributed by atoms with van der Waals surface area (Å²) in [5.74, 6) is 0.316. The summed E-state index contributed by atoms with van der Waals surface area (Å²) in [5, 5.41) is 0.406. The molecule has 1 atom stereocenters. The normalized spacial score (nSPS) is 12.4. The minimum atomic E-state index is -3.90. The first kappa shape index (κ1) is 21.8. The summed E-state index contributed by atoms with van der Waals surface area (Å²) in [4.78, 5) is 16.4. The first-order valence-corrected chi connectivity index (χ1v) is 10.7. The molecule has 0 saturated carbocycles. The topological polar surface area (TPSA) is 108 Å². The van der Waals surface area contributed by atoms with Gasteiger partial charge in [-0.25, -0.2) is 13.4 Å². The van der Waals surface area contributed by atoms with Crippen molar-refractivity contribution in [1.82, 2.24) is 9.71 Å². The number of ether oxygens (including phenoxy) is 2. The van der Waals surface area contributed by atoms with E-state index in [0.29, 0.717) is 22.4 Å². The molecule has 3 rings (SSSR count). The number of carbonyl (C=O) groups is 1. The molecule has 1 heterocycles. The number of hydrogen-bond donors (Lipinski definition) is 1. The second-order valence-electron chi connectivity index (χ2n) is 6.28. The molecule has 0 aliphatic heterocycles. The molecule has 30 heavy (non-hydrogen) atoms. The van der Waals surface area contributed by atoms with Crippen LogP contribution in [0.1, 0.15) is 12.6 Å². The molecule has 1 N–H and O–H groups in total. The van der Waals surface area contributed by atoms with Crippen molar-refractivity contribution in [2.45, 2.75) is 24.5 Å². The Morgan fingerprint density at radius 1 is 1.17 bits per heavy atom. The van der Waals surface area contributed by atoms with Crippen molar-refractivity contribution in [3.05, 3.63) is 65.5 Å². The van der Waals surface area contributed by atoms with Crippen LogP contribution in [0.15, 0.2) is 64.1 Å². The monoisotopic (exact) mass is 450 g/mol. The van der Waals surface area contributed by atoms with Gasteiger partial charge in [0.05, 0.1) is 12.0 Å². The standard InChI is InChI=1S/C20H19ClN2O6S/c1-13(23-30(25,26)18-9-5-15(21)6-10-18)20(24)29-12-16-11-28-19(22-16)14-3-7-17(27-2)8-4-14/h3-11,13,23H,12H2,1-2H3/t13-/m0/s1. The number of nitrogens with one attached hydrogen (secondary N) is 1. The van der Waals surface area contributed by atoms with Gasteiger partial charge in [-0.2, -0.15) is 4.72 Å². The second-order valence-corrected chi connectivity index (χ2v) is 8.43. The van der Waals surface area contributed by atoms with Crippen molar-refractivity contribution >= 4 is 27.6 Å². The van der Waals surface area contributed by atoms with Crippen LogP contribution in [0.3, 0.4) is 0 Å². The zero-order valence-electron chi connectivity index (χ0n) is 16.2. The summed E-state index contributed by atoms with van der Waals surface area (Å²) < 4.78 is 42.6. The van der Waals surface area contributed by atoms with Gasteiger partial charge in [0.2, 0.25) is 15.9 Å². The summed E-state index contributed by atoms with van der Waals surface area (Å²) in [6, 6.07) is 11.6. The number of halogens is 1. The van der Waals surface area contributed by atoms with Gasteiger partial charge in [0.15, 0.2) is 0 Å². The molecule has 8 nitrogen and oxygen atoms in total. The van der Waals surface area contributed by atoms with E-state index in [1.165, 1.54) is 37.5 Å². The van der Waals surface area contributed by atoms with E-state index in [-0.39, 0.29) is 11.5 Å². The zero-order valence-corrected chi connectivity index (χ0v) is 17.7. The third kappa shape index (κ3) is 5.38. The minimum absolute atomic E-state index is 0.00724. The van der Waals surface area contributed by atoms with Crippen LogP contribution in [-0.2, 0) is 26.2 Å². The summed E-state index contributed by atoms with van der Waals surface area (Å²) in [6.45, 7) is 1.23. The molecule has 0 saturated heterocycles. The van der Waals surface area contributed by atoms with E-state index < -0.39 is 22.0 Å². The summed E-state index contributed by atoms with van der Waals surface area (Å²) in [7, 11) is -2.32. The van der Waals surface area contributed by atoms with Crippen LogP contribution in [0, 0.1) is 0 Å². The average Bonchev–Trinajstić information content (AvgIpc) is 3.21. The van der Waals surface area contributed by atoms with Gasteiger partial charge >= 0.3 is 5.97 Å². The fourth-order valence-electron chi connectivity index (χ4n) is 2.47. The zero-order chi connectivity index (χ0) is 21.7. The Hall–Kier alpha value is -2.88. The Labute approximate surface area is 178 Å². The molecular formula is C20H19ClN2O6S.